The van der Waals surface area contributed by atoms with E-state index in [9.17, 15) is 13.2 Å². The highest BCUT2D eigenvalue weighted by Gasteiger charge is 2.27. The first-order chi connectivity index (χ1) is 10.9. The molecule has 2 amide bonds. The highest BCUT2D eigenvalue weighted by molar-refractivity contribution is 7.87. The Morgan fingerprint density at radius 3 is 2.61 bits per heavy atom. The van der Waals surface area contributed by atoms with Gasteiger partial charge in [0.05, 0.1) is 12.3 Å². The van der Waals surface area contributed by atoms with Gasteiger partial charge in [0.15, 0.2) is 0 Å². The van der Waals surface area contributed by atoms with Crippen molar-refractivity contribution in [3.8, 4) is 5.75 Å². The summed E-state index contributed by atoms with van der Waals surface area (Å²) in [7, 11) is -3.59. The zero-order valence-electron chi connectivity index (χ0n) is 13.6. The molecule has 1 aliphatic carbocycles. The van der Waals surface area contributed by atoms with Gasteiger partial charge in [-0.3, -0.25) is 0 Å². The summed E-state index contributed by atoms with van der Waals surface area (Å²) in [6.45, 7) is 4.98. The molecule has 23 heavy (non-hydrogen) atoms. The summed E-state index contributed by atoms with van der Waals surface area (Å²) in [6.07, 6.45) is 2.27. The second-order valence-electron chi connectivity index (χ2n) is 5.70. The molecule has 1 fully saturated rings. The van der Waals surface area contributed by atoms with E-state index in [0.717, 1.165) is 12.8 Å². The highest BCUT2D eigenvalue weighted by atomic mass is 32.2. The lowest BCUT2D eigenvalue weighted by Crippen LogP contribution is -2.40. The van der Waals surface area contributed by atoms with Crippen LogP contribution in [0.1, 0.15) is 32.3 Å². The molecule has 0 aromatic heterocycles. The third-order valence-corrected chi connectivity index (χ3v) is 4.84. The van der Waals surface area contributed by atoms with Gasteiger partial charge in [-0.2, -0.15) is 8.42 Å². The zero-order valence-corrected chi connectivity index (χ0v) is 14.4. The second kappa shape index (κ2) is 7.68. The molecule has 6 nitrogen and oxygen atoms in total. The molecule has 1 aromatic carbocycles. The summed E-state index contributed by atoms with van der Waals surface area (Å²) in [4.78, 5) is 13.9. The number of hydrogen-bond acceptors (Lipinski definition) is 4. The van der Waals surface area contributed by atoms with Crippen molar-refractivity contribution in [3.63, 3.8) is 0 Å². The van der Waals surface area contributed by atoms with Crippen LogP contribution in [0, 0.1) is 5.92 Å². The van der Waals surface area contributed by atoms with E-state index in [4.69, 9.17) is 4.18 Å². The number of para-hydroxylation sites is 1. The number of hydrogen-bond donors (Lipinski definition) is 1. The predicted octanol–water partition coefficient (Wildman–Crippen LogP) is 2.36. The third kappa shape index (κ3) is 5.42. The lowest BCUT2D eigenvalue weighted by atomic mass is 10.2. The Hall–Kier alpha value is -1.76. The van der Waals surface area contributed by atoms with Crippen molar-refractivity contribution >= 4 is 16.1 Å². The van der Waals surface area contributed by atoms with Crippen LogP contribution in [-0.4, -0.2) is 38.2 Å². The average Bonchev–Trinajstić information content (AvgIpc) is 3.32. The van der Waals surface area contributed by atoms with Crippen molar-refractivity contribution in [2.45, 2.75) is 33.2 Å². The highest BCUT2D eigenvalue weighted by Crippen LogP contribution is 2.31. The van der Waals surface area contributed by atoms with E-state index in [1.807, 2.05) is 13.0 Å². The summed E-state index contributed by atoms with van der Waals surface area (Å²) >= 11 is 0. The summed E-state index contributed by atoms with van der Waals surface area (Å²) < 4.78 is 28.6. The molecule has 0 heterocycles. The van der Waals surface area contributed by atoms with Gasteiger partial charge in [0.2, 0.25) is 0 Å². The fraction of sp³-hybridized carbons (Fsp3) is 0.562. The van der Waals surface area contributed by atoms with E-state index in [1.54, 1.807) is 23.1 Å². The van der Waals surface area contributed by atoms with E-state index in [2.05, 4.69) is 5.32 Å². The number of rotatable bonds is 8. The monoisotopic (exact) mass is 340 g/mol. The maximum atomic E-state index is 12.2. The molecule has 0 saturated heterocycles. The summed E-state index contributed by atoms with van der Waals surface area (Å²) in [6, 6.07) is 6.82. The van der Waals surface area contributed by atoms with Crippen molar-refractivity contribution in [3.05, 3.63) is 29.8 Å². The van der Waals surface area contributed by atoms with Gasteiger partial charge in [0.1, 0.15) is 5.75 Å². The van der Waals surface area contributed by atoms with E-state index < -0.39 is 10.1 Å². The van der Waals surface area contributed by atoms with Gasteiger partial charge in [0.25, 0.3) is 0 Å². The number of benzene rings is 1. The number of nitrogens with zero attached hydrogens (tertiary/aromatic N) is 1. The normalized spacial score (nSPS) is 14.3. The molecule has 128 valence electrons. The van der Waals surface area contributed by atoms with Gasteiger partial charge in [-0.25, -0.2) is 4.79 Å². The van der Waals surface area contributed by atoms with Crippen LogP contribution in [0.25, 0.3) is 0 Å². The Morgan fingerprint density at radius 1 is 1.30 bits per heavy atom. The quantitative estimate of drug-likeness (QED) is 0.737. The summed E-state index contributed by atoms with van der Waals surface area (Å²) in [5, 5.41) is 2.81. The summed E-state index contributed by atoms with van der Waals surface area (Å²) in [5.41, 5.74) is 0.691. The van der Waals surface area contributed by atoms with Crippen LogP contribution in [0.3, 0.4) is 0 Å². The Labute approximate surface area is 137 Å². The van der Waals surface area contributed by atoms with Gasteiger partial charge in [-0.05, 0) is 38.7 Å². The van der Waals surface area contributed by atoms with Gasteiger partial charge < -0.3 is 14.4 Å². The van der Waals surface area contributed by atoms with Crippen LogP contribution in [0.5, 0.6) is 5.75 Å². The van der Waals surface area contributed by atoms with Crippen molar-refractivity contribution in [2.24, 2.45) is 5.92 Å². The maximum absolute atomic E-state index is 12.2. The first kappa shape index (κ1) is 17.6. The van der Waals surface area contributed by atoms with Crippen LogP contribution in [0.2, 0.25) is 0 Å². The van der Waals surface area contributed by atoms with Crippen molar-refractivity contribution in [1.82, 2.24) is 10.2 Å². The Kier molecular flexibility index (Phi) is 5.87. The maximum Gasteiger partial charge on any atom is 0.317 e. The molecule has 0 aliphatic heterocycles. The molecule has 0 spiro atoms. The smallest absolute Gasteiger partial charge is 0.317 e. The first-order valence-electron chi connectivity index (χ1n) is 7.98. The van der Waals surface area contributed by atoms with Crippen LogP contribution in [0.15, 0.2) is 24.3 Å². The molecule has 1 aromatic rings. The fourth-order valence-corrected chi connectivity index (χ4v) is 2.77. The van der Waals surface area contributed by atoms with E-state index in [0.29, 0.717) is 36.9 Å². The minimum absolute atomic E-state index is 0.0938. The molecule has 1 N–H and O–H groups in total. The van der Waals surface area contributed by atoms with Crippen molar-refractivity contribution in [2.75, 3.05) is 18.8 Å². The van der Waals surface area contributed by atoms with Crippen LogP contribution in [-0.2, 0) is 16.7 Å². The zero-order chi connectivity index (χ0) is 16.9. The van der Waals surface area contributed by atoms with Gasteiger partial charge in [-0.1, -0.05) is 18.2 Å². The molecule has 0 bridgehead atoms. The van der Waals surface area contributed by atoms with Crippen LogP contribution < -0.4 is 9.50 Å². The molecule has 1 aliphatic rings. The topological polar surface area (TPSA) is 75.7 Å². The Bertz CT molecular complexity index is 641. The van der Waals surface area contributed by atoms with Crippen LogP contribution >= 0.6 is 0 Å². The number of amides is 2. The third-order valence-electron chi connectivity index (χ3n) is 3.69. The standard InChI is InChI=1S/C16H24N2O4S/c1-3-17-16(19)18(11-13-9-10-13)12-14-7-5-6-8-15(14)22-23(20,21)4-2/h5-8,13H,3-4,9-12H2,1-2H3,(H,17,19). The van der Waals surface area contributed by atoms with E-state index >= 15 is 0 Å². The SMILES string of the molecule is CCNC(=O)N(Cc1ccccc1OS(=O)(=O)CC)CC1CC1. The lowest BCUT2D eigenvalue weighted by molar-refractivity contribution is 0.192. The van der Waals surface area contributed by atoms with Gasteiger partial charge >= 0.3 is 16.1 Å². The van der Waals surface area contributed by atoms with Crippen LogP contribution in [0.4, 0.5) is 4.79 Å². The van der Waals surface area contributed by atoms with E-state index in [-0.39, 0.29) is 11.8 Å². The molecular formula is C16H24N2O4S. The fourth-order valence-electron chi connectivity index (χ4n) is 2.21. The number of carbonyl (C=O) groups is 1. The molecule has 0 atom stereocenters. The first-order valence-corrected chi connectivity index (χ1v) is 9.55. The molecule has 0 unspecified atom stereocenters. The van der Waals surface area contributed by atoms with Crippen molar-refractivity contribution in [1.29, 1.82) is 0 Å². The van der Waals surface area contributed by atoms with Crippen molar-refractivity contribution < 1.29 is 17.4 Å². The Balaban J connectivity index is 2.16. The molecule has 7 heteroatoms. The van der Waals surface area contributed by atoms with Gasteiger partial charge in [-0.15, -0.1) is 0 Å². The average molecular weight is 340 g/mol. The minimum Gasteiger partial charge on any atom is -0.382 e. The number of nitrogens with one attached hydrogen (secondary N) is 1. The Morgan fingerprint density at radius 2 is 2.00 bits per heavy atom. The second-order valence-corrected chi connectivity index (χ2v) is 7.56. The molecule has 0 radical (unpaired) electrons. The predicted molar refractivity (Wildman–Crippen MR) is 88.7 cm³/mol. The largest absolute Gasteiger partial charge is 0.382 e. The minimum atomic E-state index is -3.59. The molecule has 2 rings (SSSR count). The molecule has 1 saturated carbocycles. The number of carbonyl (C=O) groups excluding carboxylic acids is 1. The lowest BCUT2D eigenvalue weighted by Gasteiger charge is -2.24. The summed E-state index contributed by atoms with van der Waals surface area (Å²) in [5.74, 6) is 0.744. The van der Waals surface area contributed by atoms with E-state index in [1.165, 1.54) is 6.92 Å². The van der Waals surface area contributed by atoms with Gasteiger partial charge in [0, 0.05) is 18.7 Å². The molecular weight excluding hydrogens is 316 g/mol. The number of urea groups is 1.